The lowest BCUT2D eigenvalue weighted by molar-refractivity contribution is 0.101. The SMILES string of the molecule is Cn1cc(C#N)nc1C(=O)Nc1ccc(C2CCN(CCS(C)(=O)=O)CC2)cc1C1=CCCCC1. The number of benzene rings is 1. The van der Waals surface area contributed by atoms with E-state index in [0.717, 1.165) is 56.4 Å². The zero-order valence-corrected chi connectivity index (χ0v) is 21.3. The summed E-state index contributed by atoms with van der Waals surface area (Å²) in [7, 11) is -1.24. The zero-order chi connectivity index (χ0) is 25.0. The number of allylic oxidation sites excluding steroid dienone is 2. The second-order valence-corrected chi connectivity index (χ2v) is 11.9. The van der Waals surface area contributed by atoms with Crippen molar-refractivity contribution in [1.82, 2.24) is 14.5 Å². The van der Waals surface area contributed by atoms with Crippen LogP contribution in [0.15, 0.2) is 30.5 Å². The number of rotatable bonds is 7. The maximum atomic E-state index is 13.0. The number of nitrogens with one attached hydrogen (secondary N) is 1. The number of amides is 1. The number of piperidine rings is 1. The Morgan fingerprint density at radius 2 is 2.03 bits per heavy atom. The minimum atomic E-state index is -2.95. The third kappa shape index (κ3) is 6.38. The number of nitriles is 1. The summed E-state index contributed by atoms with van der Waals surface area (Å²) in [6.45, 7) is 2.36. The number of anilines is 1. The van der Waals surface area contributed by atoms with E-state index in [1.165, 1.54) is 23.8 Å². The van der Waals surface area contributed by atoms with Crippen LogP contribution in [0.2, 0.25) is 0 Å². The molecule has 0 saturated carbocycles. The Kier molecular flexibility index (Phi) is 7.72. The molecule has 8 nitrogen and oxygen atoms in total. The molecule has 2 aliphatic rings. The molecule has 1 N–H and O–H groups in total. The Morgan fingerprint density at radius 3 is 2.66 bits per heavy atom. The molecule has 0 unspecified atom stereocenters. The lowest BCUT2D eigenvalue weighted by Crippen LogP contribution is -2.36. The van der Waals surface area contributed by atoms with E-state index in [2.05, 4.69) is 33.4 Å². The van der Waals surface area contributed by atoms with E-state index < -0.39 is 9.84 Å². The van der Waals surface area contributed by atoms with Crippen LogP contribution in [0.25, 0.3) is 5.57 Å². The van der Waals surface area contributed by atoms with E-state index in [1.807, 2.05) is 12.1 Å². The topological polar surface area (TPSA) is 108 Å². The first kappa shape index (κ1) is 25.1. The third-order valence-corrected chi connectivity index (χ3v) is 7.88. The lowest BCUT2D eigenvalue weighted by Gasteiger charge is -2.32. The van der Waals surface area contributed by atoms with Crippen molar-refractivity contribution < 1.29 is 13.2 Å². The maximum absolute atomic E-state index is 13.0. The molecule has 0 bridgehead atoms. The van der Waals surface area contributed by atoms with Crippen LogP contribution in [0, 0.1) is 11.3 Å². The number of hydrogen-bond acceptors (Lipinski definition) is 6. The van der Waals surface area contributed by atoms with E-state index in [-0.39, 0.29) is 23.2 Å². The van der Waals surface area contributed by atoms with E-state index >= 15 is 0 Å². The quantitative estimate of drug-likeness (QED) is 0.627. The number of likely N-dealkylation sites (tertiary alicyclic amines) is 1. The van der Waals surface area contributed by atoms with Crippen molar-refractivity contribution in [3.63, 3.8) is 0 Å². The van der Waals surface area contributed by atoms with Gasteiger partial charge in [-0.15, -0.1) is 0 Å². The first-order valence-corrected chi connectivity index (χ1v) is 14.3. The summed E-state index contributed by atoms with van der Waals surface area (Å²) in [4.78, 5) is 19.3. The van der Waals surface area contributed by atoms with Crippen LogP contribution in [0.1, 0.15) is 71.9 Å². The number of aromatic nitrogens is 2. The molecule has 1 aromatic heterocycles. The van der Waals surface area contributed by atoms with Gasteiger partial charge in [0, 0.05) is 37.3 Å². The van der Waals surface area contributed by atoms with Crippen molar-refractivity contribution in [2.75, 3.05) is 37.0 Å². The number of carbonyl (C=O) groups is 1. The summed E-state index contributed by atoms with van der Waals surface area (Å²) < 4.78 is 24.6. The van der Waals surface area contributed by atoms with E-state index in [1.54, 1.807) is 17.8 Å². The van der Waals surface area contributed by atoms with Gasteiger partial charge < -0.3 is 14.8 Å². The molecule has 9 heteroatoms. The van der Waals surface area contributed by atoms with Crippen molar-refractivity contribution in [2.45, 2.75) is 44.4 Å². The smallest absolute Gasteiger partial charge is 0.291 e. The summed E-state index contributed by atoms with van der Waals surface area (Å²) in [5.41, 5.74) is 4.56. The number of hydrogen-bond donors (Lipinski definition) is 1. The molecule has 1 aliphatic carbocycles. The first-order chi connectivity index (χ1) is 16.7. The van der Waals surface area contributed by atoms with E-state index in [4.69, 9.17) is 5.26 Å². The van der Waals surface area contributed by atoms with Gasteiger partial charge in [0.15, 0.2) is 11.5 Å². The van der Waals surface area contributed by atoms with Crippen LogP contribution in [0.4, 0.5) is 5.69 Å². The van der Waals surface area contributed by atoms with Gasteiger partial charge in [-0.1, -0.05) is 12.1 Å². The first-order valence-electron chi connectivity index (χ1n) is 12.2. The highest BCUT2D eigenvalue weighted by atomic mass is 32.2. The summed E-state index contributed by atoms with van der Waals surface area (Å²) in [5.74, 6) is 0.482. The van der Waals surface area contributed by atoms with Crippen LogP contribution >= 0.6 is 0 Å². The Hall–Kier alpha value is -2.96. The van der Waals surface area contributed by atoms with Crippen LogP contribution in [0.3, 0.4) is 0 Å². The molecular formula is C26H33N5O3S. The second kappa shape index (κ2) is 10.8. The summed E-state index contributed by atoms with van der Waals surface area (Å²) in [6.07, 6.45) is 11.4. The van der Waals surface area contributed by atoms with Crippen molar-refractivity contribution in [3.8, 4) is 6.07 Å². The number of imidazole rings is 1. The molecule has 2 heterocycles. The predicted molar refractivity (Wildman–Crippen MR) is 137 cm³/mol. The van der Waals surface area contributed by atoms with Gasteiger partial charge in [-0.05, 0) is 80.8 Å². The maximum Gasteiger partial charge on any atom is 0.291 e. The number of sulfone groups is 1. The molecule has 35 heavy (non-hydrogen) atoms. The van der Waals surface area contributed by atoms with Crippen molar-refractivity contribution in [3.05, 3.63) is 53.1 Å². The standard InChI is InChI=1S/C26H33N5O3S/c1-30-18-22(17-27)28-25(30)26(32)29-24-9-8-21(16-23(24)20-6-4-3-5-7-20)19-10-12-31(13-11-19)14-15-35(2,33)34/h6,8-9,16,18-19H,3-5,7,10-15H2,1-2H3,(H,29,32). The predicted octanol–water partition coefficient (Wildman–Crippen LogP) is 3.73. The second-order valence-electron chi connectivity index (χ2n) is 9.65. The Balaban J connectivity index is 1.53. The minimum Gasteiger partial charge on any atom is -0.329 e. The third-order valence-electron chi connectivity index (χ3n) is 6.96. The van der Waals surface area contributed by atoms with E-state index in [0.29, 0.717) is 12.5 Å². The summed E-state index contributed by atoms with van der Waals surface area (Å²) in [5, 5.41) is 12.1. The monoisotopic (exact) mass is 495 g/mol. The molecule has 1 aliphatic heterocycles. The molecule has 1 aromatic carbocycles. The highest BCUT2D eigenvalue weighted by molar-refractivity contribution is 7.90. The molecule has 1 fully saturated rings. The fourth-order valence-electron chi connectivity index (χ4n) is 4.97. The summed E-state index contributed by atoms with van der Waals surface area (Å²) >= 11 is 0. The molecule has 0 radical (unpaired) electrons. The fourth-order valence-corrected chi connectivity index (χ4v) is 5.56. The van der Waals surface area contributed by atoms with Gasteiger partial charge in [0.05, 0.1) is 5.75 Å². The Bertz CT molecular complexity index is 1260. The van der Waals surface area contributed by atoms with Gasteiger partial charge in [0.1, 0.15) is 15.9 Å². The largest absolute Gasteiger partial charge is 0.329 e. The van der Waals surface area contributed by atoms with Crippen LogP contribution in [-0.2, 0) is 16.9 Å². The average Bonchev–Trinajstić information content (AvgIpc) is 3.24. The molecule has 2 aromatic rings. The highest BCUT2D eigenvalue weighted by Crippen LogP contribution is 2.36. The van der Waals surface area contributed by atoms with Gasteiger partial charge in [-0.3, -0.25) is 4.79 Å². The average molecular weight is 496 g/mol. The normalized spacial score (nSPS) is 17.6. The van der Waals surface area contributed by atoms with Gasteiger partial charge >= 0.3 is 0 Å². The molecular weight excluding hydrogens is 462 g/mol. The van der Waals surface area contributed by atoms with Crippen molar-refractivity contribution in [2.24, 2.45) is 7.05 Å². The van der Waals surface area contributed by atoms with Gasteiger partial charge in [-0.25, -0.2) is 13.4 Å². The molecule has 4 rings (SSSR count). The fraction of sp³-hybridized carbons (Fsp3) is 0.500. The number of carbonyl (C=O) groups excluding carboxylic acids is 1. The Morgan fingerprint density at radius 1 is 1.26 bits per heavy atom. The molecule has 0 atom stereocenters. The lowest BCUT2D eigenvalue weighted by atomic mass is 9.85. The summed E-state index contributed by atoms with van der Waals surface area (Å²) in [6, 6.07) is 8.29. The minimum absolute atomic E-state index is 0.204. The highest BCUT2D eigenvalue weighted by Gasteiger charge is 2.24. The van der Waals surface area contributed by atoms with Gasteiger partial charge in [-0.2, -0.15) is 5.26 Å². The van der Waals surface area contributed by atoms with Crippen LogP contribution in [0.5, 0.6) is 0 Å². The van der Waals surface area contributed by atoms with Gasteiger partial charge in [0.2, 0.25) is 0 Å². The van der Waals surface area contributed by atoms with Crippen LogP contribution in [-0.4, -0.2) is 60.4 Å². The van der Waals surface area contributed by atoms with Crippen LogP contribution < -0.4 is 5.32 Å². The number of nitrogens with zero attached hydrogens (tertiary/aromatic N) is 4. The molecule has 0 spiro atoms. The van der Waals surface area contributed by atoms with Crippen molar-refractivity contribution in [1.29, 1.82) is 5.26 Å². The zero-order valence-electron chi connectivity index (χ0n) is 20.5. The van der Waals surface area contributed by atoms with Gasteiger partial charge in [0.25, 0.3) is 5.91 Å². The molecule has 1 amide bonds. The van der Waals surface area contributed by atoms with Crippen molar-refractivity contribution >= 4 is 27.0 Å². The Labute approximate surface area is 207 Å². The molecule has 1 saturated heterocycles. The molecule has 186 valence electrons. The van der Waals surface area contributed by atoms with E-state index in [9.17, 15) is 13.2 Å². The number of aryl methyl sites for hydroxylation is 1.